The average molecular weight is 283 g/mol. The summed E-state index contributed by atoms with van der Waals surface area (Å²) in [6, 6.07) is 8.11. The van der Waals surface area contributed by atoms with Crippen LogP contribution < -0.4 is 4.74 Å². The van der Waals surface area contributed by atoms with Crippen molar-refractivity contribution in [2.24, 2.45) is 0 Å². The molecule has 0 spiro atoms. The summed E-state index contributed by atoms with van der Waals surface area (Å²) in [6.45, 7) is 1.24. The van der Waals surface area contributed by atoms with Gasteiger partial charge in [-0.2, -0.15) is 13.8 Å². The lowest BCUT2D eigenvalue weighted by Gasteiger charge is -2.12. The zero-order valence-electron chi connectivity index (χ0n) is 10.5. The van der Waals surface area contributed by atoms with Gasteiger partial charge in [-0.25, -0.2) is 9.48 Å². The van der Waals surface area contributed by atoms with Gasteiger partial charge in [-0.1, -0.05) is 18.2 Å². The molecule has 0 aliphatic heterocycles. The van der Waals surface area contributed by atoms with Crippen LogP contribution in [0.15, 0.2) is 36.7 Å². The minimum Gasteiger partial charge on any atom is -0.459 e. The van der Waals surface area contributed by atoms with Gasteiger partial charge >= 0.3 is 18.1 Å². The summed E-state index contributed by atoms with van der Waals surface area (Å²) in [5.41, 5.74) is 0.620. The highest BCUT2D eigenvalue weighted by Crippen LogP contribution is 2.20. The second-order valence-corrected chi connectivity index (χ2v) is 3.65. The molecule has 0 unspecified atom stereocenters. The minimum atomic E-state index is -4.13. The number of carbonyl (C=O) groups is 1. The number of aromatic nitrogens is 3. The van der Waals surface area contributed by atoms with Crippen LogP contribution in [0.5, 0.6) is 6.01 Å². The molecule has 0 radical (unpaired) electrons. The van der Waals surface area contributed by atoms with Crippen LogP contribution in [-0.4, -0.2) is 33.4 Å². The van der Waals surface area contributed by atoms with E-state index in [1.807, 2.05) is 0 Å². The van der Waals surface area contributed by atoms with Crippen LogP contribution in [0.1, 0.15) is 6.92 Å². The average Bonchev–Trinajstić information content (AvgIpc) is 2.88. The van der Waals surface area contributed by atoms with E-state index >= 15 is 0 Å². The highest BCUT2D eigenvalue weighted by molar-refractivity contribution is 5.76. The molecule has 0 aliphatic carbocycles. The number of para-hydroxylation sites is 1. The van der Waals surface area contributed by atoms with Gasteiger partial charge in [0.25, 0.3) is 0 Å². The molecule has 1 aromatic carbocycles. The molecular weight excluding hydrogens is 272 g/mol. The summed E-state index contributed by atoms with van der Waals surface area (Å²) >= 11 is 0. The van der Waals surface area contributed by atoms with Gasteiger partial charge in [0, 0.05) is 0 Å². The topological polar surface area (TPSA) is 66.2 Å². The number of nitrogens with zero attached hydrogens (tertiary/aromatic N) is 3. The third-order valence-corrected chi connectivity index (χ3v) is 2.22. The van der Waals surface area contributed by atoms with Crippen LogP contribution in [0.4, 0.5) is 8.78 Å². The van der Waals surface area contributed by atoms with Crippen molar-refractivity contribution >= 4 is 5.97 Å². The monoisotopic (exact) mass is 283 g/mol. The molecule has 0 fully saturated rings. The van der Waals surface area contributed by atoms with Crippen LogP contribution in [0, 0.1) is 0 Å². The number of rotatable bonds is 5. The fraction of sp³-hybridized carbons (Fsp3) is 0.250. The molecule has 0 atom stereocenters. The fourth-order valence-corrected chi connectivity index (χ4v) is 1.37. The Labute approximate surface area is 112 Å². The smallest absolute Gasteiger partial charge is 0.459 e. The van der Waals surface area contributed by atoms with E-state index in [4.69, 9.17) is 0 Å². The number of hydrogen-bond acceptors (Lipinski definition) is 5. The number of halogens is 2. The Hall–Kier alpha value is -2.51. The SMILES string of the molecule is CCOC(=O)C(F)(F)Oc1ncn(-c2ccccc2)n1. The molecule has 0 saturated carbocycles. The number of benzene rings is 1. The number of carbonyl (C=O) groups excluding carboxylic acids is 1. The highest BCUT2D eigenvalue weighted by atomic mass is 19.3. The molecule has 8 heteroatoms. The molecule has 106 valence electrons. The van der Waals surface area contributed by atoms with Crippen LogP contribution in [-0.2, 0) is 9.53 Å². The first-order chi connectivity index (χ1) is 9.53. The van der Waals surface area contributed by atoms with Gasteiger partial charge < -0.3 is 9.47 Å². The van der Waals surface area contributed by atoms with E-state index in [0.717, 1.165) is 0 Å². The van der Waals surface area contributed by atoms with Crippen molar-refractivity contribution in [1.29, 1.82) is 0 Å². The maximum atomic E-state index is 13.3. The summed E-state index contributed by atoms with van der Waals surface area (Å²) in [5, 5.41) is 3.70. The summed E-state index contributed by atoms with van der Waals surface area (Å²) in [7, 11) is 0. The van der Waals surface area contributed by atoms with E-state index in [1.165, 1.54) is 17.9 Å². The molecule has 1 aromatic heterocycles. The Balaban J connectivity index is 2.12. The third-order valence-electron chi connectivity index (χ3n) is 2.22. The molecule has 0 saturated heterocycles. The first-order valence-electron chi connectivity index (χ1n) is 5.74. The second-order valence-electron chi connectivity index (χ2n) is 3.65. The van der Waals surface area contributed by atoms with Crippen molar-refractivity contribution in [2.75, 3.05) is 6.61 Å². The fourth-order valence-electron chi connectivity index (χ4n) is 1.37. The molecule has 0 amide bonds. The van der Waals surface area contributed by atoms with Crippen molar-refractivity contribution < 1.29 is 23.0 Å². The van der Waals surface area contributed by atoms with Gasteiger partial charge in [0.15, 0.2) is 0 Å². The quantitative estimate of drug-likeness (QED) is 0.783. The van der Waals surface area contributed by atoms with E-state index in [0.29, 0.717) is 5.69 Å². The largest absolute Gasteiger partial charge is 0.504 e. The third kappa shape index (κ3) is 3.08. The minimum absolute atomic E-state index is 0.177. The van der Waals surface area contributed by atoms with Gasteiger partial charge in [-0.15, -0.1) is 5.10 Å². The van der Waals surface area contributed by atoms with Gasteiger partial charge in [0.2, 0.25) is 0 Å². The second kappa shape index (κ2) is 5.64. The maximum Gasteiger partial charge on any atom is 0.504 e. The normalized spacial score (nSPS) is 11.2. The van der Waals surface area contributed by atoms with E-state index in [2.05, 4.69) is 19.6 Å². The molecule has 0 bridgehead atoms. The number of esters is 1. The van der Waals surface area contributed by atoms with Gasteiger partial charge in [0.05, 0.1) is 12.3 Å². The van der Waals surface area contributed by atoms with Crippen LogP contribution in [0.2, 0.25) is 0 Å². The number of ether oxygens (including phenoxy) is 2. The van der Waals surface area contributed by atoms with Crippen molar-refractivity contribution in [1.82, 2.24) is 14.8 Å². The standard InChI is InChI=1S/C12H11F2N3O3/c1-2-19-10(18)12(13,14)20-11-15-8-17(16-11)9-6-4-3-5-7-9/h3-8H,2H2,1H3. The van der Waals surface area contributed by atoms with Crippen molar-refractivity contribution in [3.8, 4) is 11.7 Å². The van der Waals surface area contributed by atoms with Gasteiger partial charge in [-0.05, 0) is 19.1 Å². The summed E-state index contributed by atoms with van der Waals surface area (Å²) in [5.74, 6) is -1.78. The van der Waals surface area contributed by atoms with Crippen molar-refractivity contribution in [2.45, 2.75) is 13.0 Å². The van der Waals surface area contributed by atoms with Crippen LogP contribution in [0.25, 0.3) is 5.69 Å². The van der Waals surface area contributed by atoms with E-state index in [-0.39, 0.29) is 6.61 Å². The molecule has 1 heterocycles. The molecule has 2 rings (SSSR count). The molecule has 0 aliphatic rings. The van der Waals surface area contributed by atoms with Crippen LogP contribution in [0.3, 0.4) is 0 Å². The van der Waals surface area contributed by atoms with Crippen molar-refractivity contribution in [3.63, 3.8) is 0 Å². The zero-order chi connectivity index (χ0) is 14.6. The molecule has 0 N–H and O–H groups in total. The molecule has 6 nitrogen and oxygen atoms in total. The summed E-state index contributed by atoms with van der Waals surface area (Å²) < 4.78 is 36.2. The lowest BCUT2D eigenvalue weighted by Crippen LogP contribution is -2.37. The predicted octanol–water partition coefficient (Wildman–Crippen LogP) is 1.80. The summed E-state index contributed by atoms with van der Waals surface area (Å²) in [4.78, 5) is 14.5. The first-order valence-corrected chi connectivity index (χ1v) is 5.74. The van der Waals surface area contributed by atoms with E-state index in [1.54, 1.807) is 30.3 Å². The number of alkyl halides is 2. The Bertz CT molecular complexity index is 587. The molecule has 20 heavy (non-hydrogen) atoms. The van der Waals surface area contributed by atoms with E-state index in [9.17, 15) is 13.6 Å². The Morgan fingerprint density at radius 2 is 2.05 bits per heavy atom. The maximum absolute atomic E-state index is 13.3. The van der Waals surface area contributed by atoms with Crippen molar-refractivity contribution in [3.05, 3.63) is 36.7 Å². The molecule has 2 aromatic rings. The highest BCUT2D eigenvalue weighted by Gasteiger charge is 2.45. The number of hydrogen-bond donors (Lipinski definition) is 0. The predicted molar refractivity (Wildman–Crippen MR) is 63.6 cm³/mol. The Kier molecular flexibility index (Phi) is 3.92. The van der Waals surface area contributed by atoms with Gasteiger partial charge in [0.1, 0.15) is 6.33 Å². The van der Waals surface area contributed by atoms with Gasteiger partial charge in [-0.3, -0.25) is 0 Å². The lowest BCUT2D eigenvalue weighted by atomic mass is 10.3. The van der Waals surface area contributed by atoms with E-state index < -0.39 is 18.1 Å². The zero-order valence-corrected chi connectivity index (χ0v) is 10.5. The van der Waals surface area contributed by atoms with Crippen LogP contribution >= 0.6 is 0 Å². The lowest BCUT2D eigenvalue weighted by molar-refractivity contribution is -0.218. The Morgan fingerprint density at radius 3 is 2.70 bits per heavy atom. The first kappa shape index (κ1) is 13.9. The summed E-state index contributed by atoms with van der Waals surface area (Å²) in [6.07, 6.45) is -2.93. The Morgan fingerprint density at radius 1 is 1.35 bits per heavy atom. The molecular formula is C12H11F2N3O3.